The molecule has 0 bridgehead atoms. The first kappa shape index (κ1) is 8.97. The molecule has 1 aromatic rings. The SMILES string of the molecule is CC(C)[CH]CC(=O)c1c[nH]cn1. The maximum atomic E-state index is 11.3. The van der Waals surface area contributed by atoms with Crippen molar-refractivity contribution in [3.63, 3.8) is 0 Å². The van der Waals surface area contributed by atoms with E-state index < -0.39 is 0 Å². The molecule has 0 unspecified atom stereocenters. The molecular weight excluding hydrogens is 152 g/mol. The van der Waals surface area contributed by atoms with Gasteiger partial charge in [0.1, 0.15) is 5.69 Å². The average molecular weight is 165 g/mol. The van der Waals surface area contributed by atoms with Crippen LogP contribution in [-0.2, 0) is 0 Å². The van der Waals surface area contributed by atoms with Gasteiger partial charge in [-0.05, 0) is 12.3 Å². The number of nitrogens with zero attached hydrogens (tertiary/aromatic N) is 1. The highest BCUT2D eigenvalue weighted by molar-refractivity contribution is 5.94. The van der Waals surface area contributed by atoms with E-state index in [0.717, 1.165) is 0 Å². The number of imidazole rings is 1. The van der Waals surface area contributed by atoms with Gasteiger partial charge in [0, 0.05) is 12.6 Å². The average Bonchev–Trinajstić information content (AvgIpc) is 2.51. The van der Waals surface area contributed by atoms with Gasteiger partial charge in [-0.15, -0.1) is 0 Å². The number of carbonyl (C=O) groups excluding carboxylic acids is 1. The lowest BCUT2D eigenvalue weighted by Crippen LogP contribution is -2.02. The molecule has 0 spiro atoms. The van der Waals surface area contributed by atoms with Crippen LogP contribution in [0.15, 0.2) is 12.5 Å². The summed E-state index contributed by atoms with van der Waals surface area (Å²) in [5.41, 5.74) is 0.520. The number of Topliss-reactive ketones (excluding diaryl/α,β-unsaturated/α-hetero) is 1. The molecule has 0 saturated heterocycles. The molecule has 0 aliphatic heterocycles. The number of aromatic nitrogens is 2. The number of aromatic amines is 1. The predicted molar refractivity (Wildman–Crippen MR) is 46.7 cm³/mol. The third-order valence-electron chi connectivity index (χ3n) is 1.56. The van der Waals surface area contributed by atoms with Crippen LogP contribution in [0.3, 0.4) is 0 Å². The molecule has 3 heteroatoms. The molecular formula is C9H13N2O. The number of hydrogen-bond donors (Lipinski definition) is 1. The fourth-order valence-electron chi connectivity index (χ4n) is 0.860. The number of carbonyl (C=O) groups is 1. The largest absolute Gasteiger partial charge is 0.350 e. The normalized spacial score (nSPS) is 10.6. The fourth-order valence-corrected chi connectivity index (χ4v) is 0.860. The van der Waals surface area contributed by atoms with E-state index in [1.165, 1.54) is 6.33 Å². The number of nitrogens with one attached hydrogen (secondary N) is 1. The number of rotatable bonds is 4. The summed E-state index contributed by atoms with van der Waals surface area (Å²) in [7, 11) is 0. The minimum absolute atomic E-state index is 0.0740. The van der Waals surface area contributed by atoms with E-state index in [1.54, 1.807) is 6.20 Å². The van der Waals surface area contributed by atoms with E-state index in [0.29, 0.717) is 18.0 Å². The van der Waals surface area contributed by atoms with Crippen LogP contribution >= 0.6 is 0 Å². The Hall–Kier alpha value is -1.12. The van der Waals surface area contributed by atoms with Crippen LogP contribution in [0, 0.1) is 12.3 Å². The molecule has 0 saturated carbocycles. The number of H-pyrrole nitrogens is 1. The van der Waals surface area contributed by atoms with E-state index in [-0.39, 0.29) is 5.78 Å². The highest BCUT2D eigenvalue weighted by atomic mass is 16.1. The quantitative estimate of drug-likeness (QED) is 0.692. The minimum atomic E-state index is 0.0740. The Kier molecular flexibility index (Phi) is 3.02. The van der Waals surface area contributed by atoms with Gasteiger partial charge in [-0.1, -0.05) is 13.8 Å². The maximum Gasteiger partial charge on any atom is 0.183 e. The smallest absolute Gasteiger partial charge is 0.183 e. The van der Waals surface area contributed by atoms with E-state index >= 15 is 0 Å². The molecule has 0 aliphatic carbocycles. The number of hydrogen-bond acceptors (Lipinski definition) is 2. The second-order valence-electron chi connectivity index (χ2n) is 3.06. The van der Waals surface area contributed by atoms with Gasteiger partial charge in [0.25, 0.3) is 0 Å². The van der Waals surface area contributed by atoms with Crippen LogP contribution in [0.25, 0.3) is 0 Å². The van der Waals surface area contributed by atoms with Crippen molar-refractivity contribution in [3.05, 3.63) is 24.6 Å². The standard InChI is InChI=1S/C9H13N2O/c1-7(2)3-4-9(12)8-5-10-6-11-8/h3,5-7H,4H2,1-2H3,(H,10,11). The molecule has 65 valence electrons. The lowest BCUT2D eigenvalue weighted by atomic mass is 10.0. The summed E-state index contributed by atoms with van der Waals surface area (Å²) < 4.78 is 0. The van der Waals surface area contributed by atoms with Gasteiger partial charge in [0.15, 0.2) is 5.78 Å². The second-order valence-corrected chi connectivity index (χ2v) is 3.06. The molecule has 0 fully saturated rings. The molecule has 0 aromatic carbocycles. The van der Waals surface area contributed by atoms with Crippen LogP contribution in [-0.4, -0.2) is 15.8 Å². The first-order valence-electron chi connectivity index (χ1n) is 4.05. The topological polar surface area (TPSA) is 45.8 Å². The zero-order chi connectivity index (χ0) is 8.97. The molecule has 1 rings (SSSR count). The van der Waals surface area contributed by atoms with Gasteiger partial charge in [-0.2, -0.15) is 0 Å². The highest BCUT2D eigenvalue weighted by Crippen LogP contribution is 2.06. The summed E-state index contributed by atoms with van der Waals surface area (Å²) in [4.78, 5) is 17.9. The zero-order valence-corrected chi connectivity index (χ0v) is 7.37. The van der Waals surface area contributed by atoms with Gasteiger partial charge in [0.05, 0.1) is 6.33 Å². The molecule has 0 atom stereocenters. The van der Waals surface area contributed by atoms with Crippen molar-refractivity contribution >= 4 is 5.78 Å². The summed E-state index contributed by atoms with van der Waals surface area (Å²) in [6, 6.07) is 0. The Morgan fingerprint density at radius 3 is 3.00 bits per heavy atom. The Balaban J connectivity index is 2.40. The monoisotopic (exact) mass is 165 g/mol. The Morgan fingerprint density at radius 1 is 1.75 bits per heavy atom. The van der Waals surface area contributed by atoms with Crippen molar-refractivity contribution in [2.24, 2.45) is 5.92 Å². The summed E-state index contributed by atoms with van der Waals surface area (Å²) in [6.07, 6.45) is 5.60. The van der Waals surface area contributed by atoms with Crippen molar-refractivity contribution in [1.82, 2.24) is 9.97 Å². The Bertz CT molecular complexity index is 239. The third kappa shape index (κ3) is 2.49. The molecule has 3 nitrogen and oxygen atoms in total. The van der Waals surface area contributed by atoms with E-state index in [4.69, 9.17) is 0 Å². The van der Waals surface area contributed by atoms with Crippen molar-refractivity contribution < 1.29 is 4.79 Å². The van der Waals surface area contributed by atoms with E-state index in [1.807, 2.05) is 6.42 Å². The lowest BCUT2D eigenvalue weighted by Gasteiger charge is -2.00. The number of ketones is 1. The zero-order valence-electron chi connectivity index (χ0n) is 7.37. The van der Waals surface area contributed by atoms with Crippen LogP contribution in [0.1, 0.15) is 30.8 Å². The molecule has 1 radical (unpaired) electrons. The third-order valence-corrected chi connectivity index (χ3v) is 1.56. The second kappa shape index (κ2) is 4.04. The van der Waals surface area contributed by atoms with Gasteiger partial charge < -0.3 is 4.98 Å². The van der Waals surface area contributed by atoms with Gasteiger partial charge >= 0.3 is 0 Å². The fraction of sp³-hybridized carbons (Fsp3) is 0.444. The van der Waals surface area contributed by atoms with Crippen molar-refractivity contribution in [3.8, 4) is 0 Å². The Morgan fingerprint density at radius 2 is 2.50 bits per heavy atom. The maximum absolute atomic E-state index is 11.3. The molecule has 1 heterocycles. The summed E-state index contributed by atoms with van der Waals surface area (Å²) in [5.74, 6) is 0.526. The van der Waals surface area contributed by atoms with Crippen LogP contribution in [0.2, 0.25) is 0 Å². The van der Waals surface area contributed by atoms with Crippen molar-refractivity contribution in [1.29, 1.82) is 0 Å². The summed E-state index contributed by atoms with van der Waals surface area (Å²) in [6.45, 7) is 4.11. The molecule has 0 aliphatic rings. The first-order valence-corrected chi connectivity index (χ1v) is 4.05. The summed E-state index contributed by atoms with van der Waals surface area (Å²) in [5, 5.41) is 0. The first-order chi connectivity index (χ1) is 5.70. The lowest BCUT2D eigenvalue weighted by molar-refractivity contribution is 0.0985. The molecule has 0 amide bonds. The van der Waals surface area contributed by atoms with Crippen LogP contribution in [0.5, 0.6) is 0 Å². The molecule has 1 aromatic heterocycles. The van der Waals surface area contributed by atoms with Gasteiger partial charge in [0.2, 0.25) is 0 Å². The molecule has 12 heavy (non-hydrogen) atoms. The minimum Gasteiger partial charge on any atom is -0.350 e. The Labute approximate surface area is 72.2 Å². The highest BCUT2D eigenvalue weighted by Gasteiger charge is 2.07. The van der Waals surface area contributed by atoms with Gasteiger partial charge in [-0.3, -0.25) is 4.79 Å². The van der Waals surface area contributed by atoms with Crippen LogP contribution in [0.4, 0.5) is 0 Å². The predicted octanol–water partition coefficient (Wildman–Crippen LogP) is 1.84. The van der Waals surface area contributed by atoms with Crippen LogP contribution < -0.4 is 0 Å². The molecule has 1 N–H and O–H groups in total. The van der Waals surface area contributed by atoms with Crippen molar-refractivity contribution in [2.75, 3.05) is 0 Å². The van der Waals surface area contributed by atoms with E-state index in [2.05, 4.69) is 23.8 Å². The van der Waals surface area contributed by atoms with Gasteiger partial charge in [-0.25, -0.2) is 4.98 Å². The summed E-state index contributed by atoms with van der Waals surface area (Å²) >= 11 is 0. The van der Waals surface area contributed by atoms with Crippen molar-refractivity contribution in [2.45, 2.75) is 20.3 Å². The van der Waals surface area contributed by atoms with E-state index in [9.17, 15) is 4.79 Å².